The number of nitrogens with zero attached hydrogens (tertiary/aromatic N) is 1. The second kappa shape index (κ2) is 14.3. The fourth-order valence-corrected chi connectivity index (χ4v) is 6.28. The highest BCUT2D eigenvalue weighted by atomic mass is 79.9. The van der Waals surface area contributed by atoms with Crippen LogP contribution in [0.2, 0.25) is 0 Å². The number of anilines is 1. The molecular weight excluding hydrogens is 580 g/mol. The first-order valence-electron chi connectivity index (χ1n) is 13.3. The van der Waals surface area contributed by atoms with Crippen LogP contribution in [0.3, 0.4) is 0 Å². The number of aryl methyl sites for hydroxylation is 1. The molecule has 206 valence electrons. The van der Waals surface area contributed by atoms with Crippen molar-refractivity contribution < 1.29 is 23.8 Å². The average molecular weight is 614 g/mol. The molecule has 0 bridgehead atoms. The van der Waals surface area contributed by atoms with E-state index in [-0.39, 0.29) is 19.1 Å². The minimum absolute atomic E-state index is 0.134. The number of benzene rings is 2. The zero-order chi connectivity index (χ0) is 27.6. The Kier molecular flexibility index (Phi) is 10.6. The summed E-state index contributed by atoms with van der Waals surface area (Å²) in [5, 5.41) is 3.76. The van der Waals surface area contributed by atoms with Gasteiger partial charge in [0.15, 0.2) is 18.1 Å². The molecule has 1 N–H and O–H groups in total. The summed E-state index contributed by atoms with van der Waals surface area (Å²) < 4.78 is 17.1. The summed E-state index contributed by atoms with van der Waals surface area (Å²) in [4.78, 5) is 31.4. The topological polar surface area (TPSA) is 86.2 Å². The van der Waals surface area contributed by atoms with Crippen LogP contribution >= 0.6 is 27.3 Å². The monoisotopic (exact) mass is 612 g/mol. The molecule has 2 aromatic carbocycles. The van der Waals surface area contributed by atoms with Gasteiger partial charge in [0.05, 0.1) is 23.2 Å². The van der Waals surface area contributed by atoms with Crippen molar-refractivity contribution in [3.63, 3.8) is 0 Å². The summed E-state index contributed by atoms with van der Waals surface area (Å²) in [7, 11) is 0. The van der Waals surface area contributed by atoms with Gasteiger partial charge in [-0.05, 0) is 90.9 Å². The highest BCUT2D eigenvalue weighted by molar-refractivity contribution is 9.10. The third-order valence-corrected chi connectivity index (χ3v) is 8.00. The molecule has 0 radical (unpaired) electrons. The number of carbonyl (C=O) groups is 2. The minimum Gasteiger partial charge on any atom is -0.490 e. The summed E-state index contributed by atoms with van der Waals surface area (Å²) >= 11 is 5.14. The summed E-state index contributed by atoms with van der Waals surface area (Å²) in [6.45, 7) is 4.11. The lowest BCUT2D eigenvalue weighted by molar-refractivity contribution is -0.145. The van der Waals surface area contributed by atoms with Gasteiger partial charge in [-0.2, -0.15) is 0 Å². The van der Waals surface area contributed by atoms with Crippen molar-refractivity contribution in [2.75, 3.05) is 25.1 Å². The Bertz CT molecular complexity index is 1320. The van der Waals surface area contributed by atoms with Crippen LogP contribution in [-0.4, -0.2) is 37.9 Å². The van der Waals surface area contributed by atoms with E-state index in [4.69, 9.17) is 19.2 Å². The Morgan fingerprint density at radius 1 is 1.03 bits per heavy atom. The van der Waals surface area contributed by atoms with Crippen molar-refractivity contribution >= 4 is 56.0 Å². The molecule has 0 atom stereocenters. The van der Waals surface area contributed by atoms with E-state index in [9.17, 15) is 9.59 Å². The number of halogens is 1. The molecule has 0 unspecified atom stereocenters. The molecule has 0 fully saturated rings. The van der Waals surface area contributed by atoms with E-state index in [2.05, 4.69) is 21.2 Å². The number of para-hydroxylation sites is 1. The van der Waals surface area contributed by atoms with Gasteiger partial charge >= 0.3 is 5.97 Å². The largest absolute Gasteiger partial charge is 0.490 e. The fourth-order valence-electron chi connectivity index (χ4n) is 4.48. The van der Waals surface area contributed by atoms with Gasteiger partial charge in [0.25, 0.3) is 5.91 Å². The highest BCUT2D eigenvalue weighted by Gasteiger charge is 2.24. The third-order valence-electron chi connectivity index (χ3n) is 6.21. The Labute approximate surface area is 241 Å². The van der Waals surface area contributed by atoms with Gasteiger partial charge < -0.3 is 19.5 Å². The Morgan fingerprint density at radius 2 is 1.79 bits per heavy atom. The standard InChI is InChI=1S/C30H33BrN2O5S/c1-3-36-24-17-20(16-23(31)28(24)38-19-26(34)37-4-2)18-32-30-27(29(35)33-21-12-8-7-9-13-21)22-14-10-5-6-11-15-25(22)39-30/h7-9,12-13,16-18H,3-6,10-11,14-15,19H2,1-2H3,(H,33,35). The number of hydrogen-bond acceptors (Lipinski definition) is 7. The van der Waals surface area contributed by atoms with Crippen LogP contribution in [0.25, 0.3) is 0 Å². The predicted octanol–water partition coefficient (Wildman–Crippen LogP) is 7.51. The predicted molar refractivity (Wildman–Crippen MR) is 159 cm³/mol. The van der Waals surface area contributed by atoms with Crippen molar-refractivity contribution in [1.29, 1.82) is 0 Å². The van der Waals surface area contributed by atoms with E-state index < -0.39 is 5.97 Å². The molecule has 1 aliphatic carbocycles. The minimum atomic E-state index is -0.452. The molecule has 0 saturated carbocycles. The first kappa shape index (κ1) is 28.8. The molecule has 0 saturated heterocycles. The number of nitrogens with one attached hydrogen (secondary N) is 1. The molecule has 1 heterocycles. The molecule has 1 aliphatic rings. The number of esters is 1. The van der Waals surface area contributed by atoms with Gasteiger partial charge in [-0.3, -0.25) is 4.79 Å². The van der Waals surface area contributed by atoms with Crippen molar-refractivity contribution in [3.8, 4) is 11.5 Å². The molecule has 9 heteroatoms. The average Bonchev–Trinajstić information content (AvgIpc) is 3.24. The number of hydrogen-bond donors (Lipinski definition) is 1. The normalized spacial score (nSPS) is 13.3. The Hall–Kier alpha value is -3.17. The molecule has 7 nitrogen and oxygen atoms in total. The second-order valence-electron chi connectivity index (χ2n) is 9.03. The quantitative estimate of drug-likeness (QED) is 0.189. The maximum atomic E-state index is 13.5. The molecular formula is C30H33BrN2O5S. The summed E-state index contributed by atoms with van der Waals surface area (Å²) in [5.41, 5.74) is 3.31. The van der Waals surface area contributed by atoms with E-state index in [0.29, 0.717) is 33.1 Å². The zero-order valence-corrected chi connectivity index (χ0v) is 24.7. The van der Waals surface area contributed by atoms with Crippen LogP contribution in [-0.2, 0) is 22.4 Å². The summed E-state index contributed by atoms with van der Waals surface area (Å²) in [6.07, 6.45) is 8.15. The van der Waals surface area contributed by atoms with Gasteiger partial charge in [0.2, 0.25) is 0 Å². The number of carbonyl (C=O) groups excluding carboxylic acids is 2. The lowest BCUT2D eigenvalue weighted by atomic mass is 9.96. The summed E-state index contributed by atoms with van der Waals surface area (Å²) in [6, 6.07) is 13.2. The van der Waals surface area contributed by atoms with E-state index in [1.54, 1.807) is 24.5 Å². The molecule has 3 aromatic rings. The highest BCUT2D eigenvalue weighted by Crippen LogP contribution is 2.40. The number of aliphatic imine (C=N–C) groups is 1. The van der Waals surface area contributed by atoms with E-state index in [1.165, 1.54) is 17.7 Å². The van der Waals surface area contributed by atoms with Crippen LogP contribution in [0, 0.1) is 0 Å². The van der Waals surface area contributed by atoms with Crippen molar-refractivity contribution in [2.45, 2.75) is 52.4 Å². The van der Waals surface area contributed by atoms with Gasteiger partial charge in [-0.15, -0.1) is 11.3 Å². The molecule has 0 spiro atoms. The second-order valence-corrected chi connectivity index (χ2v) is 11.0. The SMILES string of the molecule is CCOC(=O)COc1c(Br)cc(C=Nc2sc3c(c2C(=O)Nc2ccccc2)CCCCCC3)cc1OCC. The lowest BCUT2D eigenvalue weighted by Gasteiger charge is -2.14. The smallest absolute Gasteiger partial charge is 0.344 e. The molecule has 4 rings (SSSR count). The fraction of sp³-hybridized carbons (Fsp3) is 0.367. The first-order valence-corrected chi connectivity index (χ1v) is 14.9. The van der Waals surface area contributed by atoms with Crippen LogP contribution in [0.15, 0.2) is 51.9 Å². The number of fused-ring (bicyclic) bond motifs is 1. The first-order chi connectivity index (χ1) is 19.0. The van der Waals surface area contributed by atoms with Crippen LogP contribution < -0.4 is 14.8 Å². The summed E-state index contributed by atoms with van der Waals surface area (Å²) in [5.74, 6) is 0.319. The van der Waals surface area contributed by atoms with Gasteiger partial charge in [0.1, 0.15) is 5.00 Å². The molecule has 0 aliphatic heterocycles. The van der Waals surface area contributed by atoms with Crippen LogP contribution in [0.4, 0.5) is 10.7 Å². The van der Waals surface area contributed by atoms with E-state index >= 15 is 0 Å². The van der Waals surface area contributed by atoms with Gasteiger partial charge in [0, 0.05) is 16.8 Å². The number of thiophene rings is 1. The molecule has 39 heavy (non-hydrogen) atoms. The maximum absolute atomic E-state index is 13.5. The van der Waals surface area contributed by atoms with E-state index in [0.717, 1.165) is 42.5 Å². The maximum Gasteiger partial charge on any atom is 0.344 e. The van der Waals surface area contributed by atoms with Crippen LogP contribution in [0.5, 0.6) is 11.5 Å². The molecule has 1 aromatic heterocycles. The Morgan fingerprint density at radius 3 is 2.54 bits per heavy atom. The van der Waals surface area contributed by atoms with Gasteiger partial charge in [-0.25, -0.2) is 9.79 Å². The van der Waals surface area contributed by atoms with Crippen molar-refractivity contribution in [1.82, 2.24) is 0 Å². The molecule has 1 amide bonds. The van der Waals surface area contributed by atoms with Crippen molar-refractivity contribution in [3.05, 3.63) is 68.5 Å². The van der Waals surface area contributed by atoms with Crippen molar-refractivity contribution in [2.24, 2.45) is 4.99 Å². The van der Waals surface area contributed by atoms with Gasteiger partial charge in [-0.1, -0.05) is 31.0 Å². The number of ether oxygens (including phenoxy) is 3. The van der Waals surface area contributed by atoms with Crippen LogP contribution in [0.1, 0.15) is 65.9 Å². The number of amides is 1. The third kappa shape index (κ3) is 7.70. The Balaban J connectivity index is 1.65. The lowest BCUT2D eigenvalue weighted by Crippen LogP contribution is -2.15. The zero-order valence-electron chi connectivity index (χ0n) is 22.3. The number of rotatable bonds is 10. The van der Waals surface area contributed by atoms with E-state index in [1.807, 2.05) is 49.4 Å².